The highest BCUT2D eigenvalue weighted by molar-refractivity contribution is 5.82. The summed E-state index contributed by atoms with van der Waals surface area (Å²) in [5.41, 5.74) is 0. The molecule has 0 bridgehead atoms. The third-order valence-electron chi connectivity index (χ3n) is 2.18. The molecule has 0 spiro atoms. The van der Waals surface area contributed by atoms with Crippen molar-refractivity contribution >= 4 is 12.0 Å². The zero-order valence-corrected chi connectivity index (χ0v) is 9.60. The number of rotatable bonds is 6. The summed E-state index contributed by atoms with van der Waals surface area (Å²) in [6.45, 7) is 2.09. The van der Waals surface area contributed by atoms with E-state index < -0.39 is 18.0 Å². The van der Waals surface area contributed by atoms with Crippen LogP contribution in [0, 0.1) is 0 Å². The van der Waals surface area contributed by atoms with Crippen molar-refractivity contribution < 1.29 is 19.1 Å². The molecule has 0 radical (unpaired) electrons. The number of aliphatic carboxylic acids is 1. The highest BCUT2D eigenvalue weighted by Crippen LogP contribution is 1.99. The molecule has 0 aliphatic heterocycles. The highest BCUT2D eigenvalue weighted by atomic mass is 16.4. The van der Waals surface area contributed by atoms with Crippen LogP contribution in [0.2, 0.25) is 0 Å². The van der Waals surface area contributed by atoms with Crippen LogP contribution in [0.5, 0.6) is 0 Å². The summed E-state index contributed by atoms with van der Waals surface area (Å²) in [5.74, 6) is -0.414. The second kappa shape index (κ2) is 6.57. The first-order chi connectivity index (χ1) is 8.13. The van der Waals surface area contributed by atoms with Gasteiger partial charge >= 0.3 is 12.0 Å². The van der Waals surface area contributed by atoms with Gasteiger partial charge in [0.1, 0.15) is 11.8 Å². The van der Waals surface area contributed by atoms with Crippen LogP contribution in [-0.4, -0.2) is 23.1 Å². The SMILES string of the molecule is CCC[C@H](NC(=O)NCc1ccco1)C(=O)O. The summed E-state index contributed by atoms with van der Waals surface area (Å²) >= 11 is 0. The molecule has 1 heterocycles. The topological polar surface area (TPSA) is 91.6 Å². The van der Waals surface area contributed by atoms with Crippen LogP contribution in [0.3, 0.4) is 0 Å². The van der Waals surface area contributed by atoms with Crippen molar-refractivity contribution in [2.24, 2.45) is 0 Å². The molecular weight excluding hydrogens is 224 g/mol. The molecule has 0 unspecified atom stereocenters. The number of carbonyl (C=O) groups is 2. The number of urea groups is 1. The lowest BCUT2D eigenvalue weighted by Crippen LogP contribution is -2.45. The van der Waals surface area contributed by atoms with Crippen LogP contribution in [0.25, 0.3) is 0 Å². The van der Waals surface area contributed by atoms with Crippen molar-refractivity contribution in [2.75, 3.05) is 0 Å². The Bertz CT molecular complexity index is 362. The number of nitrogens with one attached hydrogen (secondary N) is 2. The lowest BCUT2D eigenvalue weighted by molar-refractivity contribution is -0.139. The summed E-state index contributed by atoms with van der Waals surface area (Å²) in [7, 11) is 0. The van der Waals surface area contributed by atoms with Crippen molar-refractivity contribution in [2.45, 2.75) is 32.4 Å². The molecule has 1 atom stereocenters. The monoisotopic (exact) mass is 240 g/mol. The minimum absolute atomic E-state index is 0.233. The number of carboxylic acids is 1. The fourth-order valence-electron chi connectivity index (χ4n) is 1.34. The van der Waals surface area contributed by atoms with Gasteiger partial charge in [-0.2, -0.15) is 0 Å². The zero-order valence-electron chi connectivity index (χ0n) is 9.60. The predicted octanol–water partition coefficient (Wildman–Crippen LogP) is 1.33. The van der Waals surface area contributed by atoms with Gasteiger partial charge in [-0.1, -0.05) is 13.3 Å². The van der Waals surface area contributed by atoms with Gasteiger partial charge in [0.15, 0.2) is 0 Å². The van der Waals surface area contributed by atoms with E-state index in [1.54, 1.807) is 12.1 Å². The largest absolute Gasteiger partial charge is 0.480 e. The smallest absolute Gasteiger partial charge is 0.326 e. The Morgan fingerprint density at radius 1 is 1.53 bits per heavy atom. The van der Waals surface area contributed by atoms with E-state index in [9.17, 15) is 9.59 Å². The van der Waals surface area contributed by atoms with E-state index in [1.807, 2.05) is 6.92 Å². The van der Waals surface area contributed by atoms with Gasteiger partial charge in [0.05, 0.1) is 12.8 Å². The summed E-state index contributed by atoms with van der Waals surface area (Å²) < 4.78 is 5.03. The third-order valence-corrected chi connectivity index (χ3v) is 2.18. The quantitative estimate of drug-likeness (QED) is 0.699. The first-order valence-corrected chi connectivity index (χ1v) is 5.43. The Balaban J connectivity index is 2.34. The average molecular weight is 240 g/mol. The van der Waals surface area contributed by atoms with Crippen LogP contribution < -0.4 is 10.6 Å². The van der Waals surface area contributed by atoms with Gasteiger partial charge in [-0.25, -0.2) is 9.59 Å². The molecule has 0 saturated carbocycles. The molecule has 3 N–H and O–H groups in total. The van der Waals surface area contributed by atoms with E-state index in [2.05, 4.69) is 10.6 Å². The maximum atomic E-state index is 11.4. The average Bonchev–Trinajstić information content (AvgIpc) is 2.78. The summed E-state index contributed by atoms with van der Waals surface area (Å²) in [6, 6.07) is 2.08. The lowest BCUT2D eigenvalue weighted by atomic mass is 10.2. The molecule has 1 rings (SSSR count). The van der Waals surface area contributed by atoms with Crippen molar-refractivity contribution in [3.63, 3.8) is 0 Å². The Hall–Kier alpha value is -1.98. The molecule has 0 fully saturated rings. The molecule has 0 saturated heterocycles. The minimum Gasteiger partial charge on any atom is -0.480 e. The molecule has 0 aliphatic rings. The maximum Gasteiger partial charge on any atom is 0.326 e. The highest BCUT2D eigenvalue weighted by Gasteiger charge is 2.18. The third kappa shape index (κ3) is 4.58. The fourth-order valence-corrected chi connectivity index (χ4v) is 1.34. The van der Waals surface area contributed by atoms with E-state index >= 15 is 0 Å². The normalized spacial score (nSPS) is 11.8. The lowest BCUT2D eigenvalue weighted by Gasteiger charge is -2.13. The number of carboxylic acid groups (broad SMARTS) is 1. The van der Waals surface area contributed by atoms with Gasteiger partial charge in [0.25, 0.3) is 0 Å². The van der Waals surface area contributed by atoms with Crippen molar-refractivity contribution in [3.8, 4) is 0 Å². The molecule has 0 aromatic carbocycles. The van der Waals surface area contributed by atoms with E-state index in [1.165, 1.54) is 6.26 Å². The van der Waals surface area contributed by atoms with Gasteiger partial charge < -0.3 is 20.2 Å². The molecule has 2 amide bonds. The van der Waals surface area contributed by atoms with Crippen LogP contribution in [-0.2, 0) is 11.3 Å². The number of hydrogen-bond donors (Lipinski definition) is 3. The zero-order chi connectivity index (χ0) is 12.7. The molecule has 1 aromatic heterocycles. The van der Waals surface area contributed by atoms with E-state index in [4.69, 9.17) is 9.52 Å². The van der Waals surface area contributed by atoms with Crippen LogP contribution >= 0.6 is 0 Å². The number of carbonyl (C=O) groups excluding carboxylic acids is 1. The Kier molecular flexibility index (Phi) is 5.06. The van der Waals surface area contributed by atoms with Crippen molar-refractivity contribution in [1.29, 1.82) is 0 Å². The maximum absolute atomic E-state index is 11.4. The van der Waals surface area contributed by atoms with Gasteiger partial charge in [-0.3, -0.25) is 0 Å². The molecule has 0 aliphatic carbocycles. The molecule has 6 nitrogen and oxygen atoms in total. The first kappa shape index (κ1) is 13.1. The fraction of sp³-hybridized carbons (Fsp3) is 0.455. The second-order valence-corrected chi connectivity index (χ2v) is 3.59. The summed E-state index contributed by atoms with van der Waals surface area (Å²) in [6.07, 6.45) is 2.60. The Morgan fingerprint density at radius 3 is 2.82 bits per heavy atom. The molecule has 6 heteroatoms. The van der Waals surface area contributed by atoms with E-state index in [-0.39, 0.29) is 6.54 Å². The van der Waals surface area contributed by atoms with Crippen LogP contribution in [0.1, 0.15) is 25.5 Å². The minimum atomic E-state index is -1.03. The Morgan fingerprint density at radius 2 is 2.29 bits per heavy atom. The van der Waals surface area contributed by atoms with Gasteiger partial charge in [-0.05, 0) is 18.6 Å². The molecule has 17 heavy (non-hydrogen) atoms. The predicted molar refractivity (Wildman–Crippen MR) is 60.4 cm³/mol. The first-order valence-electron chi connectivity index (χ1n) is 5.43. The van der Waals surface area contributed by atoms with Gasteiger partial charge in [0.2, 0.25) is 0 Å². The molecular formula is C11H16N2O4. The van der Waals surface area contributed by atoms with Gasteiger partial charge in [-0.15, -0.1) is 0 Å². The number of furan rings is 1. The molecule has 94 valence electrons. The van der Waals surface area contributed by atoms with Gasteiger partial charge in [0, 0.05) is 0 Å². The molecule has 1 aromatic rings. The van der Waals surface area contributed by atoms with E-state index in [0.717, 1.165) is 0 Å². The standard InChI is InChI=1S/C11H16N2O4/c1-2-4-9(10(14)15)13-11(16)12-7-8-5-3-6-17-8/h3,5-6,9H,2,4,7H2,1H3,(H,14,15)(H2,12,13,16)/t9-/m0/s1. The number of hydrogen-bond acceptors (Lipinski definition) is 3. The summed E-state index contributed by atoms with van der Waals surface area (Å²) in [5, 5.41) is 13.8. The van der Waals surface area contributed by atoms with Crippen LogP contribution in [0.4, 0.5) is 4.79 Å². The van der Waals surface area contributed by atoms with E-state index in [0.29, 0.717) is 18.6 Å². The van der Waals surface area contributed by atoms with Crippen molar-refractivity contribution in [1.82, 2.24) is 10.6 Å². The van der Waals surface area contributed by atoms with Crippen LogP contribution in [0.15, 0.2) is 22.8 Å². The summed E-state index contributed by atoms with van der Waals surface area (Å²) in [4.78, 5) is 22.2. The van der Waals surface area contributed by atoms with Crippen molar-refractivity contribution in [3.05, 3.63) is 24.2 Å². The Labute approximate surface area is 99.0 Å². The number of amides is 2. The second-order valence-electron chi connectivity index (χ2n) is 3.59.